The summed E-state index contributed by atoms with van der Waals surface area (Å²) < 4.78 is 5.21. The summed E-state index contributed by atoms with van der Waals surface area (Å²) in [5.74, 6) is 1.42. The van der Waals surface area contributed by atoms with Crippen LogP contribution >= 0.6 is 11.8 Å². The lowest BCUT2D eigenvalue weighted by molar-refractivity contribution is 0.0787. The van der Waals surface area contributed by atoms with Crippen molar-refractivity contribution in [2.45, 2.75) is 17.2 Å². The van der Waals surface area contributed by atoms with Crippen molar-refractivity contribution in [1.82, 2.24) is 4.90 Å². The van der Waals surface area contributed by atoms with Gasteiger partial charge in [-0.25, -0.2) is 0 Å². The second-order valence-electron chi connectivity index (χ2n) is 5.71. The van der Waals surface area contributed by atoms with Crippen LogP contribution in [0.4, 0.5) is 0 Å². The molecule has 2 aromatic carbocycles. The van der Waals surface area contributed by atoms with Crippen molar-refractivity contribution in [2.75, 3.05) is 26.5 Å². The molecule has 23 heavy (non-hydrogen) atoms. The van der Waals surface area contributed by atoms with E-state index >= 15 is 0 Å². The van der Waals surface area contributed by atoms with Crippen LogP contribution in [0.1, 0.15) is 28.3 Å². The summed E-state index contributed by atoms with van der Waals surface area (Å²) in [4.78, 5) is 15.8. The van der Waals surface area contributed by atoms with Gasteiger partial charge in [-0.05, 0) is 42.5 Å². The molecule has 1 saturated heterocycles. The Kier molecular flexibility index (Phi) is 4.91. The van der Waals surface area contributed by atoms with Crippen LogP contribution in [0.15, 0.2) is 53.4 Å². The van der Waals surface area contributed by atoms with Crippen molar-refractivity contribution in [3.8, 4) is 5.75 Å². The van der Waals surface area contributed by atoms with E-state index in [0.717, 1.165) is 35.7 Å². The number of methoxy groups -OCH3 is 1. The van der Waals surface area contributed by atoms with Crippen molar-refractivity contribution in [3.05, 3.63) is 59.7 Å². The molecule has 0 unspecified atom stereocenters. The number of ether oxygens (including phenoxy) is 1. The molecule has 3 nitrogen and oxygen atoms in total. The van der Waals surface area contributed by atoms with Crippen LogP contribution < -0.4 is 4.74 Å². The highest BCUT2D eigenvalue weighted by molar-refractivity contribution is 7.98. The Hall–Kier alpha value is -1.94. The third-order valence-corrected chi connectivity index (χ3v) is 5.20. The number of benzene rings is 2. The molecule has 0 N–H and O–H groups in total. The number of likely N-dealkylation sites (tertiary alicyclic amines) is 1. The first-order valence-electron chi connectivity index (χ1n) is 7.79. The van der Waals surface area contributed by atoms with Crippen LogP contribution in [-0.2, 0) is 0 Å². The van der Waals surface area contributed by atoms with E-state index in [4.69, 9.17) is 4.74 Å². The van der Waals surface area contributed by atoms with Crippen molar-refractivity contribution >= 4 is 17.7 Å². The van der Waals surface area contributed by atoms with E-state index in [0.29, 0.717) is 5.92 Å². The number of rotatable bonds is 4. The molecule has 3 rings (SSSR count). The van der Waals surface area contributed by atoms with Crippen molar-refractivity contribution < 1.29 is 9.53 Å². The van der Waals surface area contributed by atoms with Gasteiger partial charge in [0.25, 0.3) is 5.91 Å². The van der Waals surface area contributed by atoms with Crippen LogP contribution in [0.2, 0.25) is 0 Å². The molecule has 1 atom stereocenters. The molecule has 4 heteroatoms. The number of nitrogens with zero attached hydrogens (tertiary/aromatic N) is 1. The molecule has 1 fully saturated rings. The number of carbonyl (C=O) groups is 1. The van der Waals surface area contributed by atoms with Gasteiger partial charge < -0.3 is 9.64 Å². The van der Waals surface area contributed by atoms with Crippen LogP contribution in [-0.4, -0.2) is 37.3 Å². The number of thioether (sulfide) groups is 1. The summed E-state index contributed by atoms with van der Waals surface area (Å²) in [6, 6.07) is 16.0. The Morgan fingerprint density at radius 2 is 1.91 bits per heavy atom. The minimum Gasteiger partial charge on any atom is -0.497 e. The van der Waals surface area contributed by atoms with Gasteiger partial charge in [0.15, 0.2) is 0 Å². The van der Waals surface area contributed by atoms with Gasteiger partial charge in [0.1, 0.15) is 5.75 Å². The van der Waals surface area contributed by atoms with Crippen molar-refractivity contribution in [2.24, 2.45) is 0 Å². The first kappa shape index (κ1) is 15.9. The fraction of sp³-hybridized carbons (Fsp3) is 0.316. The third-order valence-electron chi connectivity index (χ3n) is 4.40. The van der Waals surface area contributed by atoms with Gasteiger partial charge in [0, 0.05) is 23.9 Å². The molecule has 0 bridgehead atoms. The summed E-state index contributed by atoms with van der Waals surface area (Å²) in [6.45, 7) is 1.60. The van der Waals surface area contributed by atoms with Gasteiger partial charge in [0.2, 0.25) is 0 Å². The average molecular weight is 327 g/mol. The number of hydrogen-bond donors (Lipinski definition) is 0. The lowest BCUT2D eigenvalue weighted by Gasteiger charge is -2.18. The normalized spacial score (nSPS) is 17.3. The number of carbonyl (C=O) groups excluding carboxylic acids is 1. The van der Waals surface area contributed by atoms with Gasteiger partial charge in [-0.15, -0.1) is 11.8 Å². The number of hydrogen-bond acceptors (Lipinski definition) is 3. The molecule has 1 aliphatic heterocycles. The minimum atomic E-state index is 0.144. The third kappa shape index (κ3) is 3.37. The maximum Gasteiger partial charge on any atom is 0.255 e. The Labute approximate surface area is 141 Å². The van der Waals surface area contributed by atoms with E-state index in [9.17, 15) is 4.79 Å². The van der Waals surface area contributed by atoms with Crippen LogP contribution in [0, 0.1) is 0 Å². The van der Waals surface area contributed by atoms with Crippen molar-refractivity contribution in [3.63, 3.8) is 0 Å². The van der Waals surface area contributed by atoms with Gasteiger partial charge in [-0.2, -0.15) is 0 Å². The van der Waals surface area contributed by atoms with E-state index in [2.05, 4.69) is 12.1 Å². The summed E-state index contributed by atoms with van der Waals surface area (Å²) >= 11 is 1.62. The molecule has 2 aromatic rings. The molecule has 1 aliphatic rings. The molecule has 0 aliphatic carbocycles. The first-order valence-corrected chi connectivity index (χ1v) is 9.01. The summed E-state index contributed by atoms with van der Waals surface area (Å²) in [7, 11) is 1.67. The Balaban J connectivity index is 1.72. The summed E-state index contributed by atoms with van der Waals surface area (Å²) in [5.41, 5.74) is 2.09. The average Bonchev–Trinajstić information content (AvgIpc) is 3.11. The molecule has 0 saturated carbocycles. The van der Waals surface area contributed by atoms with E-state index in [1.165, 1.54) is 5.56 Å². The topological polar surface area (TPSA) is 29.5 Å². The quantitative estimate of drug-likeness (QED) is 0.794. The molecule has 0 aromatic heterocycles. The van der Waals surface area contributed by atoms with Crippen LogP contribution in [0.5, 0.6) is 5.75 Å². The SMILES string of the molecule is COc1ccc([C@H]2CCN(C(=O)c3ccccc3SC)C2)cc1. The molecule has 0 radical (unpaired) electrons. The Morgan fingerprint density at radius 3 is 2.61 bits per heavy atom. The standard InChI is InChI=1S/C19H21NO2S/c1-22-16-9-7-14(8-10-16)15-11-12-20(13-15)19(21)17-5-3-4-6-18(17)23-2/h3-10,15H,11-13H2,1-2H3/t15-/m0/s1. The fourth-order valence-electron chi connectivity index (χ4n) is 3.08. The van der Waals surface area contributed by atoms with E-state index in [1.807, 2.05) is 47.6 Å². The first-order chi connectivity index (χ1) is 11.2. The predicted molar refractivity (Wildman–Crippen MR) is 94.5 cm³/mol. The van der Waals surface area contributed by atoms with E-state index in [1.54, 1.807) is 18.9 Å². The molecule has 120 valence electrons. The van der Waals surface area contributed by atoms with Crippen LogP contribution in [0.3, 0.4) is 0 Å². The highest BCUT2D eigenvalue weighted by atomic mass is 32.2. The summed E-state index contributed by atoms with van der Waals surface area (Å²) in [5, 5.41) is 0. The predicted octanol–water partition coefficient (Wildman–Crippen LogP) is 4.05. The number of amides is 1. The molecule has 0 spiro atoms. The fourth-order valence-corrected chi connectivity index (χ4v) is 3.67. The zero-order valence-corrected chi connectivity index (χ0v) is 14.3. The van der Waals surface area contributed by atoms with Gasteiger partial charge >= 0.3 is 0 Å². The molecular formula is C19H21NO2S. The van der Waals surface area contributed by atoms with Gasteiger partial charge in [-0.1, -0.05) is 24.3 Å². The highest BCUT2D eigenvalue weighted by Crippen LogP contribution is 2.30. The van der Waals surface area contributed by atoms with E-state index < -0.39 is 0 Å². The second kappa shape index (κ2) is 7.09. The van der Waals surface area contributed by atoms with Gasteiger partial charge in [0.05, 0.1) is 12.7 Å². The van der Waals surface area contributed by atoms with Crippen molar-refractivity contribution in [1.29, 1.82) is 0 Å². The summed E-state index contributed by atoms with van der Waals surface area (Å²) in [6.07, 6.45) is 3.02. The smallest absolute Gasteiger partial charge is 0.255 e. The maximum atomic E-state index is 12.8. The lowest BCUT2D eigenvalue weighted by atomic mass is 9.98. The van der Waals surface area contributed by atoms with Gasteiger partial charge in [-0.3, -0.25) is 4.79 Å². The zero-order chi connectivity index (χ0) is 16.2. The zero-order valence-electron chi connectivity index (χ0n) is 13.5. The highest BCUT2D eigenvalue weighted by Gasteiger charge is 2.28. The molecule has 1 heterocycles. The molecule has 1 amide bonds. The second-order valence-corrected chi connectivity index (χ2v) is 6.56. The van der Waals surface area contributed by atoms with Crippen LogP contribution in [0.25, 0.3) is 0 Å². The monoisotopic (exact) mass is 327 g/mol. The Bertz CT molecular complexity index is 684. The maximum absolute atomic E-state index is 12.8. The van der Waals surface area contributed by atoms with E-state index in [-0.39, 0.29) is 5.91 Å². The minimum absolute atomic E-state index is 0.144. The molecular weight excluding hydrogens is 306 g/mol. The lowest BCUT2D eigenvalue weighted by Crippen LogP contribution is -2.28. The largest absolute Gasteiger partial charge is 0.497 e. The Morgan fingerprint density at radius 1 is 1.17 bits per heavy atom.